The van der Waals surface area contributed by atoms with Crippen LogP contribution in [0.3, 0.4) is 0 Å². The Labute approximate surface area is 196 Å². The standard InChI is InChI=1S/C23H23F6N3OS/c1-20(6-23(28,29)7-20)11-32-16(19(33)30-12-3-4-13(24)14(5-12)34-2)15(18(25)26)17(31-32)21-8-22(27,9-21)10-21/h3-5,18H,6-11H2,1-2H3,(H,30,33). The Morgan fingerprint density at radius 3 is 2.35 bits per heavy atom. The van der Waals surface area contributed by atoms with E-state index in [1.54, 1.807) is 13.2 Å². The first-order valence-corrected chi connectivity index (χ1v) is 12.1. The van der Waals surface area contributed by atoms with Crippen LogP contribution >= 0.6 is 11.8 Å². The quantitative estimate of drug-likeness (QED) is 0.346. The van der Waals surface area contributed by atoms with Gasteiger partial charge in [-0.1, -0.05) is 6.92 Å². The van der Waals surface area contributed by atoms with Gasteiger partial charge in [-0.2, -0.15) is 5.10 Å². The van der Waals surface area contributed by atoms with Gasteiger partial charge in [0.1, 0.15) is 17.2 Å². The van der Waals surface area contributed by atoms with Gasteiger partial charge in [0.15, 0.2) is 0 Å². The molecule has 1 aromatic heterocycles. The van der Waals surface area contributed by atoms with Crippen LogP contribution in [0.1, 0.15) is 67.2 Å². The van der Waals surface area contributed by atoms with E-state index >= 15 is 0 Å². The third-order valence-corrected chi connectivity index (χ3v) is 7.95. The number of anilines is 1. The number of nitrogens with one attached hydrogen (secondary N) is 1. The Kier molecular flexibility index (Phi) is 5.14. The second-order valence-electron chi connectivity index (χ2n) is 10.4. The molecule has 0 aliphatic heterocycles. The average molecular weight is 504 g/mol. The lowest BCUT2D eigenvalue weighted by molar-refractivity contribution is -0.164. The van der Waals surface area contributed by atoms with Crippen LogP contribution in [-0.4, -0.2) is 33.5 Å². The minimum atomic E-state index is -3.07. The highest BCUT2D eigenvalue weighted by molar-refractivity contribution is 7.98. The molecule has 0 saturated heterocycles. The highest BCUT2D eigenvalue weighted by atomic mass is 32.2. The van der Waals surface area contributed by atoms with Crippen molar-refractivity contribution in [3.63, 3.8) is 0 Å². The minimum Gasteiger partial charge on any atom is -0.321 e. The van der Waals surface area contributed by atoms with Crippen LogP contribution in [0.2, 0.25) is 0 Å². The number of carbonyl (C=O) groups excluding carboxylic acids is 1. The maximum Gasteiger partial charge on any atom is 0.274 e. The summed E-state index contributed by atoms with van der Waals surface area (Å²) in [4.78, 5) is 13.5. The molecule has 4 saturated carbocycles. The molecule has 4 aliphatic rings. The van der Waals surface area contributed by atoms with E-state index in [4.69, 9.17) is 0 Å². The van der Waals surface area contributed by atoms with Crippen LogP contribution in [-0.2, 0) is 12.0 Å². The molecule has 4 aliphatic carbocycles. The number of thioether (sulfide) groups is 1. The molecular formula is C23H23F6N3OS. The second-order valence-corrected chi connectivity index (χ2v) is 11.2. The molecule has 6 rings (SSSR count). The van der Waals surface area contributed by atoms with E-state index in [-0.39, 0.29) is 42.1 Å². The van der Waals surface area contributed by atoms with Gasteiger partial charge in [-0.25, -0.2) is 26.3 Å². The van der Waals surface area contributed by atoms with Crippen LogP contribution in [0.25, 0.3) is 0 Å². The van der Waals surface area contributed by atoms with E-state index in [0.717, 1.165) is 22.5 Å². The Balaban J connectivity index is 1.53. The summed E-state index contributed by atoms with van der Waals surface area (Å²) in [6.07, 6.45) is -2.15. The summed E-state index contributed by atoms with van der Waals surface area (Å²) in [7, 11) is 0. The van der Waals surface area contributed by atoms with E-state index in [0.29, 0.717) is 0 Å². The molecular weight excluding hydrogens is 480 g/mol. The predicted molar refractivity (Wildman–Crippen MR) is 115 cm³/mol. The van der Waals surface area contributed by atoms with Gasteiger partial charge in [0.2, 0.25) is 5.92 Å². The predicted octanol–water partition coefficient (Wildman–Crippen LogP) is 6.51. The van der Waals surface area contributed by atoms with Crippen molar-refractivity contribution in [3.05, 3.63) is 41.0 Å². The van der Waals surface area contributed by atoms with Crippen LogP contribution in [0.5, 0.6) is 0 Å². The number of hydrogen-bond acceptors (Lipinski definition) is 3. The first kappa shape index (κ1) is 23.6. The first-order chi connectivity index (χ1) is 15.8. The highest BCUT2D eigenvalue weighted by Crippen LogP contribution is 2.70. The van der Waals surface area contributed by atoms with Gasteiger partial charge in [-0.15, -0.1) is 11.8 Å². The summed E-state index contributed by atoms with van der Waals surface area (Å²) in [5.74, 6) is -4.24. The fraction of sp³-hybridized carbons (Fsp3) is 0.565. The largest absolute Gasteiger partial charge is 0.321 e. The van der Waals surface area contributed by atoms with Gasteiger partial charge < -0.3 is 5.32 Å². The van der Waals surface area contributed by atoms with Crippen LogP contribution in [0.4, 0.5) is 32.0 Å². The molecule has 34 heavy (non-hydrogen) atoms. The van der Waals surface area contributed by atoms with Gasteiger partial charge in [0.05, 0.1) is 11.3 Å². The zero-order valence-electron chi connectivity index (χ0n) is 18.5. The monoisotopic (exact) mass is 503 g/mol. The summed E-state index contributed by atoms with van der Waals surface area (Å²) >= 11 is 1.11. The number of nitrogens with zero attached hydrogens (tertiary/aromatic N) is 2. The molecule has 0 atom stereocenters. The van der Waals surface area contributed by atoms with Gasteiger partial charge in [0, 0.05) is 35.4 Å². The van der Waals surface area contributed by atoms with E-state index in [9.17, 15) is 31.1 Å². The van der Waals surface area contributed by atoms with Crippen molar-refractivity contribution >= 4 is 23.4 Å². The van der Waals surface area contributed by atoms with Crippen molar-refractivity contribution in [1.29, 1.82) is 0 Å². The summed E-state index contributed by atoms with van der Waals surface area (Å²) in [5, 5.41) is 6.84. The third kappa shape index (κ3) is 3.70. The molecule has 2 aromatic rings. The summed E-state index contributed by atoms with van der Waals surface area (Å²) in [5.41, 5.74) is -3.99. The summed E-state index contributed by atoms with van der Waals surface area (Å²) in [6.45, 7) is 1.44. The van der Waals surface area contributed by atoms with Gasteiger partial charge in [-0.05, 0) is 49.1 Å². The van der Waals surface area contributed by atoms with Crippen molar-refractivity contribution in [1.82, 2.24) is 9.78 Å². The van der Waals surface area contributed by atoms with Crippen molar-refractivity contribution in [2.24, 2.45) is 5.41 Å². The number of aromatic nitrogens is 2. The van der Waals surface area contributed by atoms with Gasteiger partial charge in [-0.3, -0.25) is 9.48 Å². The van der Waals surface area contributed by atoms with Gasteiger partial charge in [0.25, 0.3) is 12.3 Å². The van der Waals surface area contributed by atoms with Gasteiger partial charge >= 0.3 is 0 Å². The third-order valence-electron chi connectivity index (χ3n) is 7.20. The first-order valence-electron chi connectivity index (χ1n) is 10.9. The lowest BCUT2D eigenvalue weighted by Crippen LogP contribution is -2.67. The fourth-order valence-electron chi connectivity index (χ4n) is 5.94. The normalized spacial score (nSPS) is 28.1. The van der Waals surface area contributed by atoms with Crippen molar-refractivity contribution < 1.29 is 31.1 Å². The molecule has 184 valence electrons. The number of alkyl halides is 5. The number of carbonyl (C=O) groups is 1. The molecule has 0 spiro atoms. The molecule has 4 fully saturated rings. The topological polar surface area (TPSA) is 46.9 Å². The zero-order valence-corrected chi connectivity index (χ0v) is 19.3. The molecule has 1 N–H and O–H groups in total. The maximum atomic E-state index is 14.3. The lowest BCUT2D eigenvalue weighted by atomic mass is 9.41. The molecule has 2 bridgehead atoms. The number of halogens is 6. The van der Waals surface area contributed by atoms with Crippen LogP contribution in [0, 0.1) is 11.2 Å². The Bertz CT molecular complexity index is 1150. The van der Waals surface area contributed by atoms with Crippen molar-refractivity contribution in [2.45, 2.75) is 73.9 Å². The Morgan fingerprint density at radius 2 is 1.82 bits per heavy atom. The lowest BCUT2D eigenvalue weighted by Gasteiger charge is -2.65. The summed E-state index contributed by atoms with van der Waals surface area (Å²) in [6, 6.07) is 3.83. The van der Waals surface area contributed by atoms with Crippen LogP contribution in [0.15, 0.2) is 23.1 Å². The Morgan fingerprint density at radius 1 is 1.18 bits per heavy atom. The van der Waals surface area contributed by atoms with E-state index < -0.39 is 64.7 Å². The van der Waals surface area contributed by atoms with E-state index in [1.165, 1.54) is 12.1 Å². The zero-order chi connectivity index (χ0) is 24.7. The molecule has 1 aromatic carbocycles. The SMILES string of the molecule is CSc1cc(NC(=O)c2c(C(F)F)c(C34CC(F)(C3)C4)nn2CC2(C)CC(F)(F)C2)ccc1F. The maximum absolute atomic E-state index is 14.3. The van der Waals surface area contributed by atoms with E-state index in [1.807, 2.05) is 0 Å². The highest BCUT2D eigenvalue weighted by Gasteiger charge is 2.71. The molecule has 1 heterocycles. The Hall–Kier alpha value is -2.17. The molecule has 0 radical (unpaired) electrons. The number of amides is 1. The number of rotatable bonds is 7. The molecule has 11 heteroatoms. The van der Waals surface area contributed by atoms with Crippen molar-refractivity contribution in [3.8, 4) is 0 Å². The fourth-order valence-corrected chi connectivity index (χ4v) is 6.45. The molecule has 0 unspecified atom stereocenters. The second kappa shape index (κ2) is 7.41. The van der Waals surface area contributed by atoms with Crippen LogP contribution < -0.4 is 5.32 Å². The van der Waals surface area contributed by atoms with E-state index in [2.05, 4.69) is 10.4 Å². The molecule has 1 amide bonds. The number of benzene rings is 1. The number of hydrogen-bond donors (Lipinski definition) is 1. The average Bonchev–Trinajstić information content (AvgIpc) is 3.03. The smallest absolute Gasteiger partial charge is 0.274 e. The minimum absolute atomic E-state index is 0.0224. The summed E-state index contributed by atoms with van der Waals surface area (Å²) < 4.78 is 85.0. The van der Waals surface area contributed by atoms with Crippen molar-refractivity contribution in [2.75, 3.05) is 11.6 Å². The molecule has 4 nitrogen and oxygen atoms in total.